The average molecular weight is 267 g/mol. The molecule has 1 aromatic carbocycles. The van der Waals surface area contributed by atoms with Gasteiger partial charge in [0.15, 0.2) is 0 Å². The van der Waals surface area contributed by atoms with Crippen LogP contribution in [0.5, 0.6) is 5.75 Å². The molecule has 0 saturated heterocycles. The van der Waals surface area contributed by atoms with Crippen molar-refractivity contribution in [2.45, 2.75) is 12.8 Å². The molecule has 2 rings (SSSR count). The van der Waals surface area contributed by atoms with E-state index in [0.717, 1.165) is 17.7 Å². The van der Waals surface area contributed by atoms with E-state index in [0.29, 0.717) is 13.0 Å². The number of hydrogen-bond acceptors (Lipinski definition) is 3. The van der Waals surface area contributed by atoms with Crippen molar-refractivity contribution >= 4 is 0 Å². The standard InChI is InChI=1S/C17H17NO2/c19-12-2-1-4-15-6-8-17(9-7-15)20-13-10-16-5-3-11-18-14-16/h3,5-9,11,14,19H,2,10,12-13H2. The molecule has 0 amide bonds. The Morgan fingerprint density at radius 1 is 1.15 bits per heavy atom. The van der Waals surface area contributed by atoms with Gasteiger partial charge in [-0.25, -0.2) is 0 Å². The minimum absolute atomic E-state index is 0.0997. The van der Waals surface area contributed by atoms with Crippen LogP contribution in [0.4, 0.5) is 0 Å². The van der Waals surface area contributed by atoms with Gasteiger partial charge in [0.05, 0.1) is 13.2 Å². The highest BCUT2D eigenvalue weighted by Crippen LogP contribution is 2.12. The van der Waals surface area contributed by atoms with Crippen LogP contribution in [0.15, 0.2) is 48.8 Å². The zero-order chi connectivity index (χ0) is 14.0. The molecular formula is C17H17NO2. The third-order valence-electron chi connectivity index (χ3n) is 2.71. The van der Waals surface area contributed by atoms with Crippen LogP contribution in [-0.4, -0.2) is 23.3 Å². The molecule has 0 fully saturated rings. The number of nitrogens with zero attached hydrogens (tertiary/aromatic N) is 1. The van der Waals surface area contributed by atoms with E-state index < -0.39 is 0 Å². The Morgan fingerprint density at radius 2 is 2.00 bits per heavy atom. The second-order valence-electron chi connectivity index (χ2n) is 4.26. The smallest absolute Gasteiger partial charge is 0.119 e. The van der Waals surface area contributed by atoms with Gasteiger partial charge in [0, 0.05) is 30.8 Å². The van der Waals surface area contributed by atoms with Crippen LogP contribution in [0.25, 0.3) is 0 Å². The highest BCUT2D eigenvalue weighted by molar-refractivity contribution is 5.38. The number of benzene rings is 1. The van der Waals surface area contributed by atoms with Gasteiger partial charge in [-0.15, -0.1) is 0 Å². The molecule has 0 aliphatic carbocycles. The SMILES string of the molecule is OCCC#Cc1ccc(OCCc2cccnc2)cc1. The molecule has 0 spiro atoms. The minimum atomic E-state index is 0.0997. The molecule has 0 radical (unpaired) electrons. The summed E-state index contributed by atoms with van der Waals surface area (Å²) in [5.74, 6) is 6.70. The number of aromatic nitrogens is 1. The molecule has 0 aliphatic rings. The predicted octanol–water partition coefficient (Wildman–Crippen LogP) is 2.44. The highest BCUT2D eigenvalue weighted by Gasteiger charge is 1.96. The summed E-state index contributed by atoms with van der Waals surface area (Å²) in [6, 6.07) is 11.6. The fraction of sp³-hybridized carbons (Fsp3) is 0.235. The van der Waals surface area contributed by atoms with E-state index in [1.807, 2.05) is 42.6 Å². The Bertz CT molecular complexity index is 567. The first-order valence-electron chi connectivity index (χ1n) is 6.60. The lowest BCUT2D eigenvalue weighted by molar-refractivity contribution is 0.305. The Labute approximate surface area is 119 Å². The van der Waals surface area contributed by atoms with E-state index in [2.05, 4.69) is 16.8 Å². The molecule has 102 valence electrons. The fourth-order valence-corrected chi connectivity index (χ4v) is 1.69. The number of aliphatic hydroxyl groups excluding tert-OH is 1. The topological polar surface area (TPSA) is 42.4 Å². The normalized spacial score (nSPS) is 9.65. The first-order valence-corrected chi connectivity index (χ1v) is 6.60. The molecule has 0 aliphatic heterocycles. The summed E-state index contributed by atoms with van der Waals surface area (Å²) in [6.07, 6.45) is 4.96. The lowest BCUT2D eigenvalue weighted by atomic mass is 10.2. The summed E-state index contributed by atoms with van der Waals surface area (Å²) in [4.78, 5) is 4.07. The van der Waals surface area contributed by atoms with Crippen LogP contribution in [0.2, 0.25) is 0 Å². The van der Waals surface area contributed by atoms with Gasteiger partial charge < -0.3 is 9.84 Å². The first-order chi connectivity index (χ1) is 9.88. The van der Waals surface area contributed by atoms with Crippen LogP contribution < -0.4 is 4.74 Å². The summed E-state index contributed by atoms with van der Waals surface area (Å²) in [6.45, 7) is 0.726. The summed E-state index contributed by atoms with van der Waals surface area (Å²) in [7, 11) is 0. The van der Waals surface area contributed by atoms with Crippen molar-refractivity contribution in [3.63, 3.8) is 0 Å². The van der Waals surface area contributed by atoms with Crippen LogP contribution in [0.1, 0.15) is 17.5 Å². The van der Waals surface area contributed by atoms with Gasteiger partial charge in [-0.3, -0.25) is 4.98 Å². The van der Waals surface area contributed by atoms with Crippen molar-refractivity contribution in [2.75, 3.05) is 13.2 Å². The zero-order valence-corrected chi connectivity index (χ0v) is 11.2. The third kappa shape index (κ3) is 4.75. The van der Waals surface area contributed by atoms with Crippen molar-refractivity contribution in [1.29, 1.82) is 0 Å². The van der Waals surface area contributed by atoms with Crippen molar-refractivity contribution in [3.05, 3.63) is 59.9 Å². The van der Waals surface area contributed by atoms with E-state index in [9.17, 15) is 0 Å². The molecule has 0 atom stereocenters. The average Bonchev–Trinajstić information content (AvgIpc) is 2.50. The maximum atomic E-state index is 8.65. The van der Waals surface area contributed by atoms with Gasteiger partial charge in [0.1, 0.15) is 5.75 Å². The number of aliphatic hydroxyl groups is 1. The Balaban J connectivity index is 1.81. The molecule has 3 heteroatoms. The van der Waals surface area contributed by atoms with Crippen LogP contribution in [0.3, 0.4) is 0 Å². The number of pyridine rings is 1. The predicted molar refractivity (Wildman–Crippen MR) is 78.5 cm³/mol. The zero-order valence-electron chi connectivity index (χ0n) is 11.2. The molecule has 20 heavy (non-hydrogen) atoms. The molecule has 2 aromatic rings. The monoisotopic (exact) mass is 267 g/mol. The Kier molecular flexibility index (Phi) is 5.63. The van der Waals surface area contributed by atoms with Gasteiger partial charge in [-0.05, 0) is 35.9 Å². The van der Waals surface area contributed by atoms with Crippen LogP contribution in [-0.2, 0) is 6.42 Å². The lowest BCUT2D eigenvalue weighted by Crippen LogP contribution is -2.01. The molecule has 1 N–H and O–H groups in total. The molecule has 3 nitrogen and oxygen atoms in total. The van der Waals surface area contributed by atoms with E-state index in [1.165, 1.54) is 5.56 Å². The molecule has 1 heterocycles. The highest BCUT2D eigenvalue weighted by atomic mass is 16.5. The third-order valence-corrected chi connectivity index (χ3v) is 2.71. The quantitative estimate of drug-likeness (QED) is 0.846. The van der Waals surface area contributed by atoms with Crippen molar-refractivity contribution in [1.82, 2.24) is 4.98 Å². The van der Waals surface area contributed by atoms with E-state index >= 15 is 0 Å². The van der Waals surface area contributed by atoms with Crippen molar-refractivity contribution in [3.8, 4) is 17.6 Å². The molecule has 0 saturated carbocycles. The molecule has 0 unspecified atom stereocenters. The largest absolute Gasteiger partial charge is 0.493 e. The molecular weight excluding hydrogens is 250 g/mol. The van der Waals surface area contributed by atoms with Crippen molar-refractivity contribution in [2.24, 2.45) is 0 Å². The number of ether oxygens (including phenoxy) is 1. The minimum Gasteiger partial charge on any atom is -0.493 e. The number of hydrogen-bond donors (Lipinski definition) is 1. The summed E-state index contributed by atoms with van der Waals surface area (Å²) >= 11 is 0. The Hall–Kier alpha value is -2.31. The summed E-state index contributed by atoms with van der Waals surface area (Å²) < 4.78 is 5.67. The second kappa shape index (κ2) is 7.98. The molecule has 1 aromatic heterocycles. The van der Waals surface area contributed by atoms with Crippen molar-refractivity contribution < 1.29 is 9.84 Å². The van der Waals surface area contributed by atoms with Gasteiger partial charge in [-0.2, -0.15) is 0 Å². The van der Waals surface area contributed by atoms with Gasteiger partial charge >= 0.3 is 0 Å². The Morgan fingerprint density at radius 3 is 2.70 bits per heavy atom. The van der Waals surface area contributed by atoms with E-state index in [4.69, 9.17) is 9.84 Å². The second-order valence-corrected chi connectivity index (χ2v) is 4.26. The summed E-state index contributed by atoms with van der Waals surface area (Å²) in [5, 5.41) is 8.65. The molecule has 0 bridgehead atoms. The number of rotatable bonds is 5. The van der Waals surface area contributed by atoms with Crippen LogP contribution in [0, 0.1) is 11.8 Å². The fourth-order valence-electron chi connectivity index (χ4n) is 1.69. The van der Waals surface area contributed by atoms with Crippen LogP contribution >= 0.6 is 0 Å². The maximum Gasteiger partial charge on any atom is 0.119 e. The van der Waals surface area contributed by atoms with Gasteiger partial charge in [0.2, 0.25) is 0 Å². The van der Waals surface area contributed by atoms with E-state index in [-0.39, 0.29) is 6.61 Å². The van der Waals surface area contributed by atoms with Gasteiger partial charge in [-0.1, -0.05) is 17.9 Å². The van der Waals surface area contributed by atoms with Gasteiger partial charge in [0.25, 0.3) is 0 Å². The maximum absolute atomic E-state index is 8.65. The first kappa shape index (κ1) is 14.1. The lowest BCUT2D eigenvalue weighted by Gasteiger charge is -2.05. The summed E-state index contributed by atoms with van der Waals surface area (Å²) in [5.41, 5.74) is 2.09. The van der Waals surface area contributed by atoms with E-state index in [1.54, 1.807) is 6.20 Å².